The Balaban J connectivity index is 2.39. The third-order valence-electron chi connectivity index (χ3n) is 1.91. The molecule has 0 radical (unpaired) electrons. The molecule has 3 nitrogen and oxygen atoms in total. The first-order valence-corrected chi connectivity index (χ1v) is 3.97. The standard InChI is InChI=1S/C10H8N2O/c1-2-7-3-4-8-9(5-7)12-10(13)6-11-8/h2-6,8H,1H2. The lowest BCUT2D eigenvalue weighted by Gasteiger charge is -2.15. The first kappa shape index (κ1) is 7.86. The van der Waals surface area contributed by atoms with Crippen molar-refractivity contribution in [3.05, 3.63) is 36.5 Å². The molecule has 1 aliphatic carbocycles. The second kappa shape index (κ2) is 2.94. The van der Waals surface area contributed by atoms with Gasteiger partial charge >= 0.3 is 0 Å². The van der Waals surface area contributed by atoms with E-state index in [1.165, 1.54) is 6.21 Å². The van der Waals surface area contributed by atoms with Gasteiger partial charge in [-0.25, -0.2) is 4.99 Å². The summed E-state index contributed by atoms with van der Waals surface area (Å²) in [7, 11) is 0. The molecule has 13 heavy (non-hydrogen) atoms. The van der Waals surface area contributed by atoms with Gasteiger partial charge < -0.3 is 0 Å². The maximum Gasteiger partial charge on any atom is 0.288 e. The number of fused-ring (bicyclic) bond motifs is 1. The molecular formula is C10H8N2O. The molecule has 0 aromatic carbocycles. The number of nitrogens with zero attached hydrogens (tertiary/aromatic N) is 2. The van der Waals surface area contributed by atoms with E-state index in [1.54, 1.807) is 6.08 Å². The van der Waals surface area contributed by atoms with Crippen LogP contribution in [0.4, 0.5) is 0 Å². The van der Waals surface area contributed by atoms with E-state index in [2.05, 4.69) is 16.6 Å². The summed E-state index contributed by atoms with van der Waals surface area (Å²) in [5.41, 5.74) is 1.66. The Morgan fingerprint density at radius 1 is 1.54 bits per heavy atom. The number of hydrogen-bond acceptors (Lipinski definition) is 2. The summed E-state index contributed by atoms with van der Waals surface area (Å²) in [5.74, 6) is -0.291. The molecule has 64 valence electrons. The van der Waals surface area contributed by atoms with Crippen LogP contribution in [0.3, 0.4) is 0 Å². The summed E-state index contributed by atoms with van der Waals surface area (Å²) in [6, 6.07) is -0.0820. The minimum atomic E-state index is -0.291. The van der Waals surface area contributed by atoms with Gasteiger partial charge in [-0.2, -0.15) is 0 Å². The lowest BCUT2D eigenvalue weighted by atomic mass is 10.0. The van der Waals surface area contributed by atoms with Crippen molar-refractivity contribution in [1.82, 2.24) is 0 Å². The Bertz CT molecular complexity index is 386. The van der Waals surface area contributed by atoms with Crippen molar-refractivity contribution >= 4 is 17.8 Å². The summed E-state index contributed by atoms with van der Waals surface area (Å²) in [5, 5.41) is 0. The minimum Gasteiger partial charge on any atom is -0.273 e. The van der Waals surface area contributed by atoms with E-state index in [0.717, 1.165) is 5.57 Å². The normalized spacial score (nSPS) is 24.9. The second-order valence-corrected chi connectivity index (χ2v) is 2.81. The fourth-order valence-corrected chi connectivity index (χ4v) is 1.26. The maximum atomic E-state index is 10.9. The van der Waals surface area contributed by atoms with Gasteiger partial charge in [0.2, 0.25) is 0 Å². The molecule has 1 unspecified atom stereocenters. The average molecular weight is 172 g/mol. The van der Waals surface area contributed by atoms with Crippen LogP contribution in [-0.2, 0) is 4.79 Å². The van der Waals surface area contributed by atoms with Crippen molar-refractivity contribution in [1.29, 1.82) is 0 Å². The molecule has 0 N–H and O–H groups in total. The summed E-state index contributed by atoms with van der Waals surface area (Å²) < 4.78 is 0. The summed E-state index contributed by atoms with van der Waals surface area (Å²) in [6.45, 7) is 3.64. The minimum absolute atomic E-state index is 0.0820. The zero-order chi connectivity index (χ0) is 9.26. The van der Waals surface area contributed by atoms with Gasteiger partial charge in [0.1, 0.15) is 6.04 Å². The second-order valence-electron chi connectivity index (χ2n) is 2.81. The average Bonchev–Trinajstić information content (AvgIpc) is 2.16. The van der Waals surface area contributed by atoms with Crippen LogP contribution >= 0.6 is 0 Å². The molecule has 1 aliphatic heterocycles. The molecule has 1 atom stereocenters. The third-order valence-corrected chi connectivity index (χ3v) is 1.91. The molecule has 2 aliphatic rings. The van der Waals surface area contributed by atoms with Crippen molar-refractivity contribution in [2.75, 3.05) is 0 Å². The van der Waals surface area contributed by atoms with E-state index < -0.39 is 0 Å². The Kier molecular flexibility index (Phi) is 1.77. The number of rotatable bonds is 1. The molecule has 1 heterocycles. The van der Waals surface area contributed by atoms with Gasteiger partial charge in [0.15, 0.2) is 0 Å². The van der Waals surface area contributed by atoms with Crippen LogP contribution < -0.4 is 0 Å². The van der Waals surface area contributed by atoms with Gasteiger partial charge in [-0.1, -0.05) is 24.8 Å². The summed E-state index contributed by atoms with van der Waals surface area (Å²) >= 11 is 0. The van der Waals surface area contributed by atoms with E-state index in [0.29, 0.717) is 5.71 Å². The Morgan fingerprint density at radius 3 is 3.15 bits per heavy atom. The predicted molar refractivity (Wildman–Crippen MR) is 52.1 cm³/mol. The van der Waals surface area contributed by atoms with Crippen LogP contribution in [0.25, 0.3) is 0 Å². The largest absolute Gasteiger partial charge is 0.288 e. The molecular weight excluding hydrogens is 164 g/mol. The van der Waals surface area contributed by atoms with Gasteiger partial charge in [-0.15, -0.1) is 0 Å². The molecule has 0 aromatic rings. The molecule has 0 spiro atoms. The number of aliphatic imine (C=N–C) groups is 2. The molecule has 3 heteroatoms. The fraction of sp³-hybridized carbons (Fsp3) is 0.100. The highest BCUT2D eigenvalue weighted by Crippen LogP contribution is 2.14. The molecule has 0 fully saturated rings. The molecule has 0 saturated carbocycles. The number of carbonyl (C=O) groups is 1. The van der Waals surface area contributed by atoms with Crippen molar-refractivity contribution < 1.29 is 4.79 Å². The molecule has 0 bridgehead atoms. The topological polar surface area (TPSA) is 41.8 Å². The van der Waals surface area contributed by atoms with Gasteiger partial charge in [-0.05, 0) is 11.6 Å². The highest BCUT2D eigenvalue weighted by Gasteiger charge is 2.17. The van der Waals surface area contributed by atoms with Gasteiger partial charge in [-0.3, -0.25) is 9.79 Å². The van der Waals surface area contributed by atoms with Gasteiger partial charge in [0.25, 0.3) is 5.91 Å². The van der Waals surface area contributed by atoms with E-state index >= 15 is 0 Å². The first-order chi connectivity index (χ1) is 6.29. The van der Waals surface area contributed by atoms with E-state index in [9.17, 15) is 4.79 Å². The Morgan fingerprint density at radius 2 is 2.38 bits per heavy atom. The summed E-state index contributed by atoms with van der Waals surface area (Å²) in [4.78, 5) is 18.8. The molecule has 0 aromatic heterocycles. The first-order valence-electron chi connectivity index (χ1n) is 3.97. The van der Waals surface area contributed by atoms with E-state index in [-0.39, 0.29) is 11.9 Å². The highest BCUT2D eigenvalue weighted by molar-refractivity contribution is 6.32. The zero-order valence-electron chi connectivity index (χ0n) is 6.97. The number of allylic oxidation sites excluding steroid dienone is 3. The van der Waals surface area contributed by atoms with Crippen molar-refractivity contribution in [3.8, 4) is 0 Å². The van der Waals surface area contributed by atoms with Crippen molar-refractivity contribution in [2.24, 2.45) is 9.98 Å². The zero-order valence-corrected chi connectivity index (χ0v) is 6.97. The maximum absolute atomic E-state index is 10.9. The Labute approximate surface area is 75.9 Å². The molecule has 2 rings (SSSR count). The SMILES string of the molecule is C=CC1=CC2=NC(=O)C=NC2C=C1. The van der Waals surface area contributed by atoms with E-state index in [4.69, 9.17) is 0 Å². The number of hydrogen-bond donors (Lipinski definition) is 0. The van der Waals surface area contributed by atoms with Crippen LogP contribution in [0.1, 0.15) is 0 Å². The smallest absolute Gasteiger partial charge is 0.273 e. The monoisotopic (exact) mass is 172 g/mol. The summed E-state index contributed by atoms with van der Waals surface area (Å²) in [6.07, 6.45) is 8.62. The van der Waals surface area contributed by atoms with Crippen molar-refractivity contribution in [3.63, 3.8) is 0 Å². The van der Waals surface area contributed by atoms with E-state index in [1.807, 2.05) is 18.2 Å². The quantitative estimate of drug-likeness (QED) is 0.583. The Hall–Kier alpha value is -1.77. The van der Waals surface area contributed by atoms with Crippen LogP contribution in [0, 0.1) is 0 Å². The van der Waals surface area contributed by atoms with Crippen LogP contribution in [0.15, 0.2) is 46.4 Å². The van der Waals surface area contributed by atoms with Crippen LogP contribution in [0.2, 0.25) is 0 Å². The predicted octanol–water partition coefficient (Wildman–Crippen LogP) is 1.09. The molecule has 0 saturated heterocycles. The van der Waals surface area contributed by atoms with Crippen molar-refractivity contribution in [2.45, 2.75) is 6.04 Å². The highest BCUT2D eigenvalue weighted by atomic mass is 16.1. The third kappa shape index (κ3) is 1.40. The fourth-order valence-electron chi connectivity index (χ4n) is 1.26. The van der Waals surface area contributed by atoms with Crippen LogP contribution in [0.5, 0.6) is 0 Å². The van der Waals surface area contributed by atoms with Crippen LogP contribution in [-0.4, -0.2) is 23.9 Å². The van der Waals surface area contributed by atoms with Gasteiger partial charge in [0, 0.05) is 0 Å². The lowest BCUT2D eigenvalue weighted by Crippen LogP contribution is -2.23. The molecule has 1 amide bonds. The number of carbonyl (C=O) groups excluding carboxylic acids is 1. The lowest BCUT2D eigenvalue weighted by molar-refractivity contribution is -0.111. The van der Waals surface area contributed by atoms with Gasteiger partial charge in [0.05, 0.1) is 11.9 Å². The number of amides is 1.